The van der Waals surface area contributed by atoms with Crippen LogP contribution in [0.2, 0.25) is 0 Å². The van der Waals surface area contributed by atoms with E-state index < -0.39 is 41.5 Å². The van der Waals surface area contributed by atoms with Crippen molar-refractivity contribution in [2.45, 2.75) is 79.2 Å². The zero-order valence-electron chi connectivity index (χ0n) is 37.1. The van der Waals surface area contributed by atoms with Crippen LogP contribution in [0.15, 0.2) is 48.6 Å². The highest BCUT2D eigenvalue weighted by atomic mass is 16.5. The van der Waals surface area contributed by atoms with Crippen LogP contribution in [0.5, 0.6) is 11.5 Å². The van der Waals surface area contributed by atoms with Crippen LogP contribution in [-0.2, 0) is 40.5 Å². The van der Waals surface area contributed by atoms with Crippen LogP contribution in [-0.4, -0.2) is 101 Å². The summed E-state index contributed by atoms with van der Waals surface area (Å²) < 4.78 is 23.6. The quantitative estimate of drug-likeness (QED) is 0.0324. The molecule has 0 saturated carbocycles. The van der Waals surface area contributed by atoms with Crippen LogP contribution in [0.4, 0.5) is 11.9 Å². The van der Waals surface area contributed by atoms with Crippen molar-refractivity contribution in [2.75, 3.05) is 31.0 Å². The topological polar surface area (TPSA) is 330 Å². The third kappa shape index (κ3) is 10.6. The third-order valence-corrected chi connectivity index (χ3v) is 10.3. The van der Waals surface area contributed by atoms with E-state index in [0.29, 0.717) is 46.7 Å². The van der Waals surface area contributed by atoms with Gasteiger partial charge in [0, 0.05) is 50.1 Å². The number of carbonyl (C=O) groups is 6. The number of fused-ring (bicyclic) bond motifs is 2. The highest BCUT2D eigenvalue weighted by Crippen LogP contribution is 2.33. The molecule has 0 spiro atoms. The summed E-state index contributed by atoms with van der Waals surface area (Å²) in [5, 5.41) is 14.5. The summed E-state index contributed by atoms with van der Waals surface area (Å²) in [4.78, 5) is 85.1. The van der Waals surface area contributed by atoms with E-state index in [1.807, 2.05) is 13.8 Å². The number of nitrogens with two attached hydrogens (primary N) is 4. The Labute approximate surface area is 377 Å². The van der Waals surface area contributed by atoms with Crippen molar-refractivity contribution in [1.82, 2.24) is 38.7 Å². The van der Waals surface area contributed by atoms with Crippen LogP contribution in [0.25, 0.3) is 22.1 Å². The number of amides is 5. The molecule has 348 valence electrons. The van der Waals surface area contributed by atoms with Crippen molar-refractivity contribution in [3.05, 3.63) is 82.5 Å². The summed E-state index contributed by atoms with van der Waals surface area (Å²) in [5.74, 6) is -3.03. The van der Waals surface area contributed by atoms with Gasteiger partial charge in [0.25, 0.3) is 11.8 Å². The SMILES string of the molecule is CCn1nc(C)cc1C(=O)Nc1nc2cc(C(N)=O)cc(OC)c2n1C/C=C/Cn1c(NC(=O)c2cc(C)nn2CC)nc2cc(C(N)=O)cc(OCCCOC(=O)[C@@H](N)CCC(N)=O)c21. The molecule has 0 aliphatic carbocycles. The number of benzene rings is 2. The van der Waals surface area contributed by atoms with Crippen LogP contribution in [0.1, 0.15) is 86.2 Å². The molecule has 4 aromatic heterocycles. The van der Waals surface area contributed by atoms with Crippen molar-refractivity contribution >= 4 is 69.5 Å². The second-order valence-corrected chi connectivity index (χ2v) is 15.0. The molecular weight excluding hydrogens is 857 g/mol. The molecular formula is C43H52N14O9. The average Bonchev–Trinajstić information content (AvgIpc) is 4.05. The van der Waals surface area contributed by atoms with E-state index in [2.05, 4.69) is 25.8 Å². The van der Waals surface area contributed by atoms with Gasteiger partial charge in [0.1, 0.15) is 40.0 Å². The number of ether oxygens (including phenoxy) is 3. The summed E-state index contributed by atoms with van der Waals surface area (Å²) in [7, 11) is 1.43. The maximum absolute atomic E-state index is 13.8. The van der Waals surface area contributed by atoms with E-state index in [0.717, 1.165) is 0 Å². The van der Waals surface area contributed by atoms with E-state index in [1.165, 1.54) is 31.4 Å². The molecule has 66 heavy (non-hydrogen) atoms. The monoisotopic (exact) mass is 908 g/mol. The highest BCUT2D eigenvalue weighted by molar-refractivity contribution is 6.05. The highest BCUT2D eigenvalue weighted by Gasteiger charge is 2.24. The Balaban J connectivity index is 1.35. The molecule has 0 saturated heterocycles. The number of anilines is 2. The van der Waals surface area contributed by atoms with Gasteiger partial charge in [0.2, 0.25) is 29.6 Å². The van der Waals surface area contributed by atoms with Gasteiger partial charge in [-0.1, -0.05) is 12.2 Å². The number of hydrogen-bond donors (Lipinski definition) is 6. The second kappa shape index (κ2) is 20.6. The van der Waals surface area contributed by atoms with Crippen LogP contribution >= 0.6 is 0 Å². The summed E-state index contributed by atoms with van der Waals surface area (Å²) in [6.45, 7) is 8.23. The Bertz CT molecular complexity index is 2870. The zero-order chi connectivity index (χ0) is 47.8. The zero-order valence-corrected chi connectivity index (χ0v) is 37.1. The first kappa shape index (κ1) is 47.4. The minimum absolute atomic E-state index is 0.00108. The number of nitrogens with zero attached hydrogens (tertiary/aromatic N) is 8. The smallest absolute Gasteiger partial charge is 0.322 e. The number of aryl methyl sites for hydroxylation is 4. The van der Waals surface area contributed by atoms with Crippen molar-refractivity contribution in [3.8, 4) is 11.5 Å². The number of primary amides is 3. The molecule has 0 bridgehead atoms. The lowest BCUT2D eigenvalue weighted by Crippen LogP contribution is -2.33. The van der Waals surface area contributed by atoms with Crippen molar-refractivity contribution in [1.29, 1.82) is 0 Å². The number of allylic oxidation sites excluding steroid dienone is 2. The molecule has 1 atom stereocenters. The molecule has 0 aliphatic rings. The minimum atomic E-state index is -1.03. The summed E-state index contributed by atoms with van der Waals surface area (Å²) in [6, 6.07) is 8.18. The lowest BCUT2D eigenvalue weighted by Gasteiger charge is -2.14. The average molecular weight is 909 g/mol. The summed E-state index contributed by atoms with van der Waals surface area (Å²) in [6.07, 6.45) is 3.73. The molecule has 0 radical (unpaired) electrons. The Morgan fingerprint density at radius 3 is 1.65 bits per heavy atom. The predicted molar refractivity (Wildman–Crippen MR) is 241 cm³/mol. The van der Waals surface area contributed by atoms with E-state index in [4.69, 9.17) is 42.1 Å². The minimum Gasteiger partial charge on any atom is -0.494 e. The van der Waals surface area contributed by atoms with Gasteiger partial charge in [0.15, 0.2) is 0 Å². The number of rotatable bonds is 22. The first-order valence-electron chi connectivity index (χ1n) is 20.9. The number of esters is 1. The summed E-state index contributed by atoms with van der Waals surface area (Å²) >= 11 is 0. The van der Waals surface area contributed by atoms with E-state index in [-0.39, 0.29) is 91.3 Å². The van der Waals surface area contributed by atoms with Gasteiger partial charge < -0.3 is 46.3 Å². The Kier molecular flexibility index (Phi) is 14.8. The van der Waals surface area contributed by atoms with Gasteiger partial charge in [-0.05, 0) is 70.5 Å². The Hall–Kier alpha value is -8.08. The van der Waals surface area contributed by atoms with Gasteiger partial charge >= 0.3 is 5.97 Å². The predicted octanol–water partition coefficient (Wildman–Crippen LogP) is 2.31. The molecule has 23 heteroatoms. The third-order valence-electron chi connectivity index (χ3n) is 10.3. The fourth-order valence-electron chi connectivity index (χ4n) is 7.12. The maximum atomic E-state index is 13.8. The number of carbonyl (C=O) groups excluding carboxylic acids is 6. The summed E-state index contributed by atoms with van der Waals surface area (Å²) in [5.41, 5.74) is 25.9. The van der Waals surface area contributed by atoms with Gasteiger partial charge in [-0.2, -0.15) is 10.2 Å². The number of hydrogen-bond acceptors (Lipinski definition) is 14. The first-order chi connectivity index (χ1) is 31.5. The van der Waals surface area contributed by atoms with Gasteiger partial charge in [-0.3, -0.25) is 48.8 Å². The van der Waals surface area contributed by atoms with Crippen molar-refractivity contribution < 1.29 is 43.0 Å². The molecule has 10 N–H and O–H groups in total. The van der Waals surface area contributed by atoms with Crippen molar-refractivity contribution in [2.24, 2.45) is 22.9 Å². The van der Waals surface area contributed by atoms with E-state index >= 15 is 0 Å². The molecule has 2 aromatic carbocycles. The Morgan fingerprint density at radius 2 is 1.20 bits per heavy atom. The van der Waals surface area contributed by atoms with Gasteiger partial charge in [-0.15, -0.1) is 0 Å². The molecule has 5 amide bonds. The first-order valence-corrected chi connectivity index (χ1v) is 20.9. The fourth-order valence-corrected chi connectivity index (χ4v) is 7.12. The van der Waals surface area contributed by atoms with E-state index in [1.54, 1.807) is 56.6 Å². The molecule has 0 aliphatic heterocycles. The second-order valence-electron chi connectivity index (χ2n) is 15.0. The number of imidazole rings is 2. The van der Waals surface area contributed by atoms with Gasteiger partial charge in [0.05, 0.1) is 42.7 Å². The standard InChI is InChI=1S/C43H52N14O9/c1-6-56-30(17-23(3)52-56)39(61)50-42-48-28-19-25(37(46)59)21-32(64-5)35(28)54(42)13-8-9-14-55-36-29(49-43(55)51-40(62)31-18-24(4)53-57(31)7-2)20-26(38(47)60)22-33(36)65-15-10-16-66-41(63)27(44)11-12-34(45)58/h8-9,17-22,27H,6-7,10-16,44H2,1-5H3,(H2,45,58)(H2,46,59)(H2,47,60)(H,48,50,61)(H,49,51,62)/b9-8+/t27-/m0/s1. The number of methoxy groups -OCH3 is 1. The molecule has 23 nitrogen and oxygen atoms in total. The van der Waals surface area contributed by atoms with Gasteiger partial charge in [-0.25, -0.2) is 9.97 Å². The molecule has 0 unspecified atom stereocenters. The number of nitrogens with one attached hydrogen (secondary N) is 2. The lowest BCUT2D eigenvalue weighted by atomic mass is 10.1. The lowest BCUT2D eigenvalue weighted by molar-refractivity contribution is -0.145. The molecule has 4 heterocycles. The number of aromatic nitrogens is 8. The maximum Gasteiger partial charge on any atom is 0.322 e. The molecule has 6 rings (SSSR count). The fraction of sp³-hybridized carbons (Fsp3) is 0.349. The molecule has 0 fully saturated rings. The largest absolute Gasteiger partial charge is 0.494 e. The molecule has 6 aromatic rings. The van der Waals surface area contributed by atoms with Crippen molar-refractivity contribution in [3.63, 3.8) is 0 Å². The van der Waals surface area contributed by atoms with Crippen LogP contribution in [0, 0.1) is 13.8 Å². The normalized spacial score (nSPS) is 11.8. The van der Waals surface area contributed by atoms with E-state index in [9.17, 15) is 28.8 Å². The Morgan fingerprint density at radius 1 is 0.712 bits per heavy atom. The van der Waals surface area contributed by atoms with Crippen LogP contribution < -0.4 is 43.0 Å². The van der Waals surface area contributed by atoms with Crippen LogP contribution in [0.3, 0.4) is 0 Å².